The maximum Gasteiger partial charge on any atom is 0.251 e. The average Bonchev–Trinajstić information content (AvgIpc) is 2.80. The Labute approximate surface area is 190 Å². The number of rotatable bonds is 11. The fraction of sp³-hybridized carbons (Fsp3) is 0.609. The van der Waals surface area contributed by atoms with Crippen molar-refractivity contribution in [1.82, 2.24) is 20.4 Å². The molecule has 0 bridgehead atoms. The number of piperazine rings is 1. The van der Waals surface area contributed by atoms with E-state index in [9.17, 15) is 14.4 Å². The van der Waals surface area contributed by atoms with E-state index in [0.717, 1.165) is 6.42 Å². The van der Waals surface area contributed by atoms with E-state index < -0.39 is 6.04 Å². The van der Waals surface area contributed by atoms with E-state index in [-0.39, 0.29) is 23.6 Å². The first-order valence-electron chi connectivity index (χ1n) is 11.1. The molecule has 2 N–H and O–H groups in total. The van der Waals surface area contributed by atoms with E-state index >= 15 is 0 Å². The van der Waals surface area contributed by atoms with Crippen LogP contribution in [0.3, 0.4) is 0 Å². The Morgan fingerprint density at radius 1 is 1.03 bits per heavy atom. The van der Waals surface area contributed by atoms with Crippen molar-refractivity contribution in [3.05, 3.63) is 29.8 Å². The summed E-state index contributed by atoms with van der Waals surface area (Å²) in [6, 6.07) is 6.17. The molecule has 1 heterocycles. The summed E-state index contributed by atoms with van der Waals surface area (Å²) in [5.41, 5.74) is 0.477. The second-order valence-corrected chi connectivity index (χ2v) is 8.22. The number of nitrogens with one attached hydrogen (secondary N) is 2. The largest absolute Gasteiger partial charge is 0.497 e. The number of nitrogens with zero attached hydrogens (tertiary/aromatic N) is 2. The Hall–Kier alpha value is -2.65. The molecule has 9 nitrogen and oxygen atoms in total. The molecule has 0 spiro atoms. The van der Waals surface area contributed by atoms with Gasteiger partial charge in [0, 0.05) is 52.0 Å². The third kappa shape index (κ3) is 7.80. The quantitative estimate of drug-likeness (QED) is 0.485. The Morgan fingerprint density at radius 2 is 1.69 bits per heavy atom. The first kappa shape index (κ1) is 25.6. The topological polar surface area (TPSA) is 100 Å². The van der Waals surface area contributed by atoms with Crippen LogP contribution in [0.1, 0.15) is 30.6 Å². The van der Waals surface area contributed by atoms with Crippen LogP contribution in [-0.4, -0.2) is 93.7 Å². The van der Waals surface area contributed by atoms with Gasteiger partial charge in [-0.1, -0.05) is 13.8 Å². The maximum absolute atomic E-state index is 13.1. The monoisotopic (exact) mass is 448 g/mol. The van der Waals surface area contributed by atoms with Gasteiger partial charge < -0.3 is 25.0 Å². The van der Waals surface area contributed by atoms with Crippen LogP contribution in [0.4, 0.5) is 0 Å². The molecular weight excluding hydrogens is 412 g/mol. The Bertz CT molecular complexity index is 745. The van der Waals surface area contributed by atoms with Crippen molar-refractivity contribution >= 4 is 17.7 Å². The molecule has 1 saturated heterocycles. The number of hydrogen-bond donors (Lipinski definition) is 2. The molecule has 9 heteroatoms. The van der Waals surface area contributed by atoms with Crippen LogP contribution >= 0.6 is 0 Å². The minimum absolute atomic E-state index is 0.0207. The molecule has 0 saturated carbocycles. The van der Waals surface area contributed by atoms with E-state index in [1.54, 1.807) is 43.4 Å². The summed E-state index contributed by atoms with van der Waals surface area (Å²) < 4.78 is 10.1. The predicted octanol–water partition coefficient (Wildman–Crippen LogP) is 0.747. The summed E-state index contributed by atoms with van der Waals surface area (Å²) in [6.45, 7) is 7.65. The van der Waals surface area contributed by atoms with Crippen molar-refractivity contribution in [3.63, 3.8) is 0 Å². The molecule has 1 unspecified atom stereocenters. The van der Waals surface area contributed by atoms with Gasteiger partial charge in [-0.3, -0.25) is 19.3 Å². The molecule has 1 aromatic carbocycles. The minimum atomic E-state index is -0.611. The first-order valence-corrected chi connectivity index (χ1v) is 11.1. The Balaban J connectivity index is 1.84. The van der Waals surface area contributed by atoms with Crippen LogP contribution in [-0.2, 0) is 14.3 Å². The zero-order valence-corrected chi connectivity index (χ0v) is 19.6. The zero-order chi connectivity index (χ0) is 23.5. The van der Waals surface area contributed by atoms with Crippen molar-refractivity contribution in [2.24, 2.45) is 5.92 Å². The van der Waals surface area contributed by atoms with Gasteiger partial charge in [-0.25, -0.2) is 0 Å². The average molecular weight is 449 g/mol. The van der Waals surface area contributed by atoms with Crippen molar-refractivity contribution < 1.29 is 23.9 Å². The van der Waals surface area contributed by atoms with Crippen molar-refractivity contribution in [1.29, 1.82) is 0 Å². The lowest BCUT2D eigenvalue weighted by Crippen LogP contribution is -2.57. The highest BCUT2D eigenvalue weighted by atomic mass is 16.5. The maximum atomic E-state index is 13.1. The molecule has 2 rings (SSSR count). The van der Waals surface area contributed by atoms with Gasteiger partial charge in [0.05, 0.1) is 13.7 Å². The Morgan fingerprint density at radius 3 is 2.25 bits per heavy atom. The predicted molar refractivity (Wildman–Crippen MR) is 122 cm³/mol. The van der Waals surface area contributed by atoms with Gasteiger partial charge in [-0.2, -0.15) is 0 Å². The number of benzene rings is 1. The standard InChI is InChI=1S/C23H36N4O5/c1-17(2)21(25-22(29)18-6-8-19(32-4)9-7-18)23(30)27-13-11-26(12-14-27)16-20(28)24-10-5-15-31-3/h6-9,17,21H,5,10-16H2,1-4H3,(H,24,28)(H,25,29). The number of hydrogen-bond acceptors (Lipinski definition) is 6. The summed E-state index contributed by atoms with van der Waals surface area (Å²) in [6.07, 6.45) is 0.781. The molecule has 3 amide bonds. The van der Waals surface area contributed by atoms with Crippen molar-refractivity contribution in [2.75, 3.05) is 60.1 Å². The molecule has 1 atom stereocenters. The fourth-order valence-corrected chi connectivity index (χ4v) is 3.51. The fourth-order valence-electron chi connectivity index (χ4n) is 3.51. The van der Waals surface area contributed by atoms with Crippen LogP contribution in [0.2, 0.25) is 0 Å². The molecule has 1 fully saturated rings. The van der Waals surface area contributed by atoms with E-state index in [1.165, 1.54) is 0 Å². The summed E-state index contributed by atoms with van der Waals surface area (Å²) in [4.78, 5) is 41.6. The van der Waals surface area contributed by atoms with E-state index in [0.29, 0.717) is 57.2 Å². The number of amides is 3. The van der Waals surface area contributed by atoms with Gasteiger partial charge in [-0.05, 0) is 36.6 Å². The van der Waals surface area contributed by atoms with E-state index in [2.05, 4.69) is 10.6 Å². The molecule has 1 aromatic rings. The Kier molecular flexibility index (Phi) is 10.4. The zero-order valence-electron chi connectivity index (χ0n) is 19.6. The summed E-state index contributed by atoms with van der Waals surface area (Å²) in [5.74, 6) is 0.210. The summed E-state index contributed by atoms with van der Waals surface area (Å²) in [5, 5.41) is 5.77. The van der Waals surface area contributed by atoms with Crippen molar-refractivity contribution in [3.8, 4) is 5.75 Å². The number of carbonyl (C=O) groups is 3. The van der Waals surface area contributed by atoms with Crippen LogP contribution < -0.4 is 15.4 Å². The normalized spacial score (nSPS) is 15.3. The lowest BCUT2D eigenvalue weighted by molar-refractivity contribution is -0.136. The second-order valence-electron chi connectivity index (χ2n) is 8.22. The highest BCUT2D eigenvalue weighted by Gasteiger charge is 2.31. The summed E-state index contributed by atoms with van der Waals surface area (Å²) >= 11 is 0. The van der Waals surface area contributed by atoms with Gasteiger partial charge in [0.2, 0.25) is 11.8 Å². The molecule has 178 valence electrons. The van der Waals surface area contributed by atoms with E-state index in [1.807, 2.05) is 18.7 Å². The minimum Gasteiger partial charge on any atom is -0.497 e. The van der Waals surface area contributed by atoms with Gasteiger partial charge in [-0.15, -0.1) is 0 Å². The molecule has 1 aliphatic rings. The number of carbonyl (C=O) groups excluding carboxylic acids is 3. The number of ether oxygens (including phenoxy) is 2. The third-order valence-electron chi connectivity index (χ3n) is 5.47. The van der Waals surface area contributed by atoms with E-state index in [4.69, 9.17) is 9.47 Å². The van der Waals surface area contributed by atoms with Gasteiger partial charge in [0.15, 0.2) is 0 Å². The highest BCUT2D eigenvalue weighted by Crippen LogP contribution is 2.14. The summed E-state index contributed by atoms with van der Waals surface area (Å²) in [7, 11) is 3.20. The third-order valence-corrected chi connectivity index (χ3v) is 5.47. The van der Waals surface area contributed by atoms with Gasteiger partial charge in [0.1, 0.15) is 11.8 Å². The van der Waals surface area contributed by atoms with Crippen LogP contribution in [0.5, 0.6) is 5.75 Å². The highest BCUT2D eigenvalue weighted by molar-refractivity contribution is 5.97. The van der Waals surface area contributed by atoms with Crippen molar-refractivity contribution in [2.45, 2.75) is 26.3 Å². The molecule has 0 aromatic heterocycles. The SMILES string of the molecule is COCCCNC(=O)CN1CCN(C(=O)C(NC(=O)c2ccc(OC)cc2)C(C)C)CC1. The lowest BCUT2D eigenvalue weighted by Gasteiger charge is -2.37. The number of methoxy groups -OCH3 is 2. The molecule has 1 aliphatic heterocycles. The first-order chi connectivity index (χ1) is 15.3. The smallest absolute Gasteiger partial charge is 0.251 e. The second kappa shape index (κ2) is 13.0. The molecule has 0 aliphatic carbocycles. The van der Waals surface area contributed by atoms with Crippen LogP contribution in [0.15, 0.2) is 24.3 Å². The van der Waals surface area contributed by atoms with Crippen LogP contribution in [0.25, 0.3) is 0 Å². The van der Waals surface area contributed by atoms with Crippen LogP contribution in [0, 0.1) is 5.92 Å². The molecular formula is C23H36N4O5. The van der Waals surface area contributed by atoms with Gasteiger partial charge >= 0.3 is 0 Å². The lowest BCUT2D eigenvalue weighted by atomic mass is 10.0. The molecule has 0 radical (unpaired) electrons. The van der Waals surface area contributed by atoms with Gasteiger partial charge in [0.25, 0.3) is 5.91 Å². The molecule has 32 heavy (non-hydrogen) atoms.